The maximum Gasteiger partial charge on any atom is 0.263 e. The zero-order valence-corrected chi connectivity index (χ0v) is 20.1. The molecule has 0 saturated carbocycles. The minimum atomic E-state index is -3.99. The summed E-state index contributed by atoms with van der Waals surface area (Å²) in [6.07, 6.45) is 0.696. The molecule has 0 aliphatic heterocycles. The van der Waals surface area contributed by atoms with Gasteiger partial charge in [-0.3, -0.25) is 9.52 Å². The lowest BCUT2D eigenvalue weighted by atomic mass is 10.0. The van der Waals surface area contributed by atoms with Crippen molar-refractivity contribution in [2.45, 2.75) is 45.1 Å². The van der Waals surface area contributed by atoms with Crippen molar-refractivity contribution in [3.8, 4) is 0 Å². The highest BCUT2D eigenvalue weighted by molar-refractivity contribution is 7.92. The molecule has 0 unspecified atom stereocenters. The van der Waals surface area contributed by atoms with E-state index in [1.807, 2.05) is 64.1 Å². The van der Waals surface area contributed by atoms with Crippen LogP contribution in [0.2, 0.25) is 5.02 Å². The van der Waals surface area contributed by atoms with E-state index in [2.05, 4.69) is 10.0 Å². The summed E-state index contributed by atoms with van der Waals surface area (Å²) in [5.74, 6) is -0.364. The molecule has 7 heteroatoms. The summed E-state index contributed by atoms with van der Waals surface area (Å²) in [5.41, 5.74) is 4.64. The number of aryl methyl sites for hydroxylation is 3. The Morgan fingerprint density at radius 2 is 1.59 bits per heavy atom. The van der Waals surface area contributed by atoms with Gasteiger partial charge in [-0.1, -0.05) is 66.0 Å². The standard InChI is InChI=1S/C25H27ClN2O3S/c1-5-22(19-9-6-16(2)7-10-19)27-25(29)20-11-12-21(26)24(15-20)32(30,31)28-23-13-8-17(3)14-18(23)4/h6-15,22,28H,5H2,1-4H3,(H,27,29)/t22-/m0/s1. The van der Waals surface area contributed by atoms with Crippen LogP contribution in [-0.2, 0) is 10.0 Å². The number of anilines is 1. The Kier molecular flexibility index (Phi) is 7.26. The smallest absolute Gasteiger partial charge is 0.263 e. The topological polar surface area (TPSA) is 75.3 Å². The molecule has 1 amide bonds. The Labute approximate surface area is 194 Å². The molecular weight excluding hydrogens is 444 g/mol. The van der Waals surface area contributed by atoms with Crippen molar-refractivity contribution >= 4 is 33.2 Å². The van der Waals surface area contributed by atoms with E-state index in [1.165, 1.54) is 18.2 Å². The molecule has 0 bridgehead atoms. The van der Waals surface area contributed by atoms with E-state index in [9.17, 15) is 13.2 Å². The van der Waals surface area contributed by atoms with Crippen molar-refractivity contribution < 1.29 is 13.2 Å². The van der Waals surface area contributed by atoms with Crippen molar-refractivity contribution in [3.63, 3.8) is 0 Å². The Morgan fingerprint density at radius 3 is 2.22 bits per heavy atom. The van der Waals surface area contributed by atoms with Gasteiger partial charge in [0, 0.05) is 5.56 Å². The van der Waals surface area contributed by atoms with Gasteiger partial charge in [0.25, 0.3) is 15.9 Å². The third-order valence-electron chi connectivity index (χ3n) is 5.30. The number of carbonyl (C=O) groups excluding carboxylic acids is 1. The molecule has 0 spiro atoms. The third kappa shape index (κ3) is 5.50. The second kappa shape index (κ2) is 9.76. The minimum Gasteiger partial charge on any atom is -0.345 e. The lowest BCUT2D eigenvalue weighted by molar-refractivity contribution is 0.0935. The number of carbonyl (C=O) groups is 1. The Balaban J connectivity index is 1.86. The van der Waals surface area contributed by atoms with Crippen LogP contribution >= 0.6 is 11.6 Å². The lowest BCUT2D eigenvalue weighted by Crippen LogP contribution is -2.28. The van der Waals surface area contributed by atoms with Crippen LogP contribution in [0.1, 0.15) is 52.0 Å². The van der Waals surface area contributed by atoms with Crippen LogP contribution in [0.3, 0.4) is 0 Å². The SMILES string of the molecule is CC[C@H](NC(=O)c1ccc(Cl)c(S(=O)(=O)Nc2ccc(C)cc2C)c1)c1ccc(C)cc1. The summed E-state index contributed by atoms with van der Waals surface area (Å²) < 4.78 is 28.7. The number of hydrogen-bond acceptors (Lipinski definition) is 3. The van der Waals surface area contributed by atoms with Gasteiger partial charge in [-0.15, -0.1) is 0 Å². The Bertz CT molecular complexity index is 1240. The fourth-order valence-corrected chi connectivity index (χ4v) is 5.10. The molecule has 0 fully saturated rings. The molecule has 32 heavy (non-hydrogen) atoms. The molecule has 0 aliphatic rings. The van der Waals surface area contributed by atoms with Gasteiger partial charge >= 0.3 is 0 Å². The maximum absolute atomic E-state index is 13.0. The third-order valence-corrected chi connectivity index (χ3v) is 7.15. The first-order valence-electron chi connectivity index (χ1n) is 10.4. The molecule has 2 N–H and O–H groups in total. The van der Waals surface area contributed by atoms with Gasteiger partial charge in [-0.2, -0.15) is 0 Å². The second-order valence-electron chi connectivity index (χ2n) is 7.91. The molecule has 168 valence electrons. The van der Waals surface area contributed by atoms with Crippen LogP contribution in [0.5, 0.6) is 0 Å². The van der Waals surface area contributed by atoms with Gasteiger partial charge in [0.05, 0.1) is 16.8 Å². The summed E-state index contributed by atoms with van der Waals surface area (Å²) in [6.45, 7) is 7.75. The van der Waals surface area contributed by atoms with Crippen LogP contribution in [0.15, 0.2) is 65.6 Å². The first kappa shape index (κ1) is 23.8. The van der Waals surface area contributed by atoms with Crippen molar-refractivity contribution in [1.29, 1.82) is 0 Å². The van der Waals surface area contributed by atoms with Gasteiger partial charge in [0.1, 0.15) is 4.90 Å². The Morgan fingerprint density at radius 1 is 0.938 bits per heavy atom. The predicted octanol–water partition coefficient (Wildman–Crippen LogP) is 5.95. The molecule has 3 aromatic rings. The lowest BCUT2D eigenvalue weighted by Gasteiger charge is -2.18. The van der Waals surface area contributed by atoms with E-state index < -0.39 is 10.0 Å². The van der Waals surface area contributed by atoms with E-state index in [0.29, 0.717) is 12.1 Å². The normalized spacial score (nSPS) is 12.3. The molecule has 0 aromatic heterocycles. The van der Waals surface area contributed by atoms with Gasteiger partial charge < -0.3 is 5.32 Å². The van der Waals surface area contributed by atoms with E-state index in [4.69, 9.17) is 11.6 Å². The highest BCUT2D eigenvalue weighted by Crippen LogP contribution is 2.27. The quantitative estimate of drug-likeness (QED) is 0.448. The highest BCUT2D eigenvalue weighted by atomic mass is 35.5. The number of hydrogen-bond donors (Lipinski definition) is 2. The van der Waals surface area contributed by atoms with Crippen molar-refractivity contribution in [3.05, 3.63) is 93.5 Å². The van der Waals surface area contributed by atoms with Crippen molar-refractivity contribution in [2.24, 2.45) is 0 Å². The largest absolute Gasteiger partial charge is 0.345 e. The van der Waals surface area contributed by atoms with Gasteiger partial charge in [0.15, 0.2) is 0 Å². The molecule has 0 heterocycles. The van der Waals surface area contributed by atoms with Crippen LogP contribution in [-0.4, -0.2) is 14.3 Å². The zero-order chi connectivity index (χ0) is 23.5. The average Bonchev–Trinajstić information content (AvgIpc) is 2.74. The average molecular weight is 471 g/mol. The number of benzene rings is 3. The van der Waals surface area contributed by atoms with E-state index >= 15 is 0 Å². The van der Waals surface area contributed by atoms with E-state index in [0.717, 1.165) is 22.3 Å². The molecule has 0 radical (unpaired) electrons. The number of sulfonamides is 1. The van der Waals surface area contributed by atoms with Crippen LogP contribution in [0.25, 0.3) is 0 Å². The highest BCUT2D eigenvalue weighted by Gasteiger charge is 2.22. The van der Waals surface area contributed by atoms with Crippen LogP contribution in [0, 0.1) is 20.8 Å². The zero-order valence-electron chi connectivity index (χ0n) is 18.6. The first-order valence-corrected chi connectivity index (χ1v) is 12.2. The van der Waals surface area contributed by atoms with Gasteiger partial charge in [0.2, 0.25) is 0 Å². The number of rotatable bonds is 7. The Hall–Kier alpha value is -2.83. The fourth-order valence-electron chi connectivity index (χ4n) is 3.44. The van der Waals surface area contributed by atoms with E-state index in [1.54, 1.807) is 6.07 Å². The predicted molar refractivity (Wildman–Crippen MR) is 130 cm³/mol. The monoisotopic (exact) mass is 470 g/mol. The number of amides is 1. The molecule has 3 aromatic carbocycles. The molecule has 5 nitrogen and oxygen atoms in total. The second-order valence-corrected chi connectivity index (χ2v) is 9.97. The summed E-state index contributed by atoms with van der Waals surface area (Å²) in [5, 5.41) is 3.03. The molecular formula is C25H27ClN2O3S. The fraction of sp³-hybridized carbons (Fsp3) is 0.240. The molecule has 3 rings (SSSR count). The van der Waals surface area contributed by atoms with Crippen LogP contribution < -0.4 is 10.0 Å². The van der Waals surface area contributed by atoms with Crippen LogP contribution in [0.4, 0.5) is 5.69 Å². The molecule has 1 atom stereocenters. The number of halogens is 1. The molecule has 0 aliphatic carbocycles. The van der Waals surface area contributed by atoms with Crippen molar-refractivity contribution in [2.75, 3.05) is 4.72 Å². The minimum absolute atomic E-state index is 0.0457. The van der Waals surface area contributed by atoms with Gasteiger partial charge in [-0.25, -0.2) is 8.42 Å². The summed E-state index contributed by atoms with van der Waals surface area (Å²) in [6, 6.07) is 17.5. The summed E-state index contributed by atoms with van der Waals surface area (Å²) in [7, 11) is -3.99. The summed E-state index contributed by atoms with van der Waals surface area (Å²) in [4.78, 5) is 12.8. The van der Waals surface area contributed by atoms with Gasteiger partial charge in [-0.05, 0) is 62.6 Å². The van der Waals surface area contributed by atoms with E-state index in [-0.39, 0.29) is 27.4 Å². The molecule has 0 saturated heterocycles. The number of nitrogens with one attached hydrogen (secondary N) is 2. The summed E-state index contributed by atoms with van der Waals surface area (Å²) >= 11 is 6.21. The maximum atomic E-state index is 13.0. The van der Waals surface area contributed by atoms with Crippen molar-refractivity contribution in [1.82, 2.24) is 5.32 Å². The first-order chi connectivity index (χ1) is 15.1.